The van der Waals surface area contributed by atoms with E-state index in [1.54, 1.807) is 52.2 Å². The summed E-state index contributed by atoms with van der Waals surface area (Å²) in [6, 6.07) is 9.06. The van der Waals surface area contributed by atoms with E-state index in [0.29, 0.717) is 3.63 Å². The molecule has 0 bridgehead atoms. The number of benzene rings is 1. The average molecular weight is 488 g/mol. The van der Waals surface area contributed by atoms with Crippen LogP contribution in [0.25, 0.3) is 5.20 Å². The predicted molar refractivity (Wildman–Crippen MR) is 76.8 cm³/mol. The zero-order valence-electron chi connectivity index (χ0n) is 11.7. The molecule has 20 heavy (non-hydrogen) atoms. The van der Waals surface area contributed by atoms with Crippen molar-refractivity contribution in [2.45, 2.75) is 23.1 Å². The molecule has 1 atom stereocenters. The van der Waals surface area contributed by atoms with E-state index in [2.05, 4.69) is 55.6 Å². The second kappa shape index (κ2) is 7.67. The first-order valence-corrected chi connectivity index (χ1v) is 10.9. The van der Waals surface area contributed by atoms with Crippen molar-refractivity contribution in [2.24, 2.45) is 0 Å². The van der Waals surface area contributed by atoms with Crippen molar-refractivity contribution >= 4 is 14.0 Å². The first kappa shape index (κ1) is 18.5. The van der Waals surface area contributed by atoms with Gasteiger partial charge in [0.2, 0.25) is 0 Å². The summed E-state index contributed by atoms with van der Waals surface area (Å²) in [4.78, 5) is 0. The number of hydrogen-bond acceptors (Lipinski definition) is 0. The van der Waals surface area contributed by atoms with Crippen molar-refractivity contribution in [2.75, 3.05) is 0 Å². The quantitative estimate of drug-likeness (QED) is 0.422. The molecule has 0 nitrogen and oxygen atoms in total. The SMILES string of the molecule is C[SiH](C)C1=C(C2=CC=CC2)[CH]([Zr+2])c2ccccc21.[Br-].[Br-]. The van der Waals surface area contributed by atoms with Gasteiger partial charge in [-0.15, -0.1) is 0 Å². The minimum absolute atomic E-state index is 0. The van der Waals surface area contributed by atoms with Crippen molar-refractivity contribution in [1.29, 1.82) is 0 Å². The summed E-state index contributed by atoms with van der Waals surface area (Å²) in [5, 5.41) is 1.72. The van der Waals surface area contributed by atoms with Gasteiger partial charge in [0.05, 0.1) is 0 Å². The van der Waals surface area contributed by atoms with Crippen LogP contribution < -0.4 is 34.0 Å². The van der Waals surface area contributed by atoms with Crippen molar-refractivity contribution in [3.8, 4) is 0 Å². The fourth-order valence-electron chi connectivity index (χ4n) is 3.08. The van der Waals surface area contributed by atoms with E-state index in [1.165, 1.54) is 0 Å². The Morgan fingerprint density at radius 2 is 1.85 bits per heavy atom. The van der Waals surface area contributed by atoms with Gasteiger partial charge >= 0.3 is 127 Å². The maximum Gasteiger partial charge on any atom is -1.00 e. The third-order valence-corrected chi connectivity index (χ3v) is 7.09. The molecule has 103 valence electrons. The van der Waals surface area contributed by atoms with Gasteiger partial charge < -0.3 is 34.0 Å². The first-order valence-electron chi connectivity index (χ1n) is 6.60. The second-order valence-electron chi connectivity index (χ2n) is 5.33. The molecule has 2 aliphatic carbocycles. The van der Waals surface area contributed by atoms with Crippen LogP contribution in [0.5, 0.6) is 0 Å². The molecule has 4 heteroatoms. The molecule has 1 aromatic rings. The molecule has 0 amide bonds. The summed E-state index contributed by atoms with van der Waals surface area (Å²) >= 11 is 1.63. The van der Waals surface area contributed by atoms with Crippen molar-refractivity contribution in [3.63, 3.8) is 0 Å². The maximum atomic E-state index is 2.46. The average Bonchev–Trinajstić information content (AvgIpc) is 2.96. The van der Waals surface area contributed by atoms with Crippen molar-refractivity contribution < 1.29 is 58.7 Å². The van der Waals surface area contributed by atoms with E-state index in [1.807, 2.05) is 0 Å². The van der Waals surface area contributed by atoms with Crippen LogP contribution in [0.3, 0.4) is 0 Å². The smallest absolute Gasteiger partial charge is 1.00 e. The molecule has 0 aliphatic heterocycles. The Balaban J connectivity index is 0.000001000. The summed E-state index contributed by atoms with van der Waals surface area (Å²) in [5.41, 5.74) is 6.39. The molecule has 2 aliphatic rings. The zero-order valence-corrected chi connectivity index (χ0v) is 18.4. The molecule has 0 radical (unpaired) electrons. The van der Waals surface area contributed by atoms with Gasteiger partial charge in [-0.05, 0) is 0 Å². The summed E-state index contributed by atoms with van der Waals surface area (Å²) in [6.45, 7) is 4.92. The Kier molecular flexibility index (Phi) is 7.11. The standard InChI is InChI=1S/C16H17Si.2BrH.Zr/c1-17(2)16-14-10-6-5-9-13(14)11-15(16)12-7-3-4-8-12;;;/h3-7,9-11,17H,8H2,1-2H3;2*1H;/q;;;+2/p-2. The normalized spacial score (nSPS) is 19.6. The molecule has 0 fully saturated rings. The summed E-state index contributed by atoms with van der Waals surface area (Å²) in [5.74, 6) is 0. The van der Waals surface area contributed by atoms with Gasteiger partial charge in [0.15, 0.2) is 0 Å². The van der Waals surface area contributed by atoms with Crippen molar-refractivity contribution in [1.82, 2.24) is 0 Å². The molecule has 0 N–H and O–H groups in total. The molecule has 3 rings (SSSR count). The minimum atomic E-state index is -0.787. The Labute approximate surface area is 159 Å². The van der Waals surface area contributed by atoms with Gasteiger partial charge in [0.1, 0.15) is 0 Å². The van der Waals surface area contributed by atoms with E-state index in [0.717, 1.165) is 6.42 Å². The molecule has 1 aromatic carbocycles. The zero-order chi connectivity index (χ0) is 12.7. The van der Waals surface area contributed by atoms with E-state index >= 15 is 0 Å². The largest absolute Gasteiger partial charge is 1.00 e. The van der Waals surface area contributed by atoms with Crippen LogP contribution in [0, 0.1) is 0 Å². The van der Waals surface area contributed by atoms with E-state index in [-0.39, 0.29) is 34.0 Å². The van der Waals surface area contributed by atoms with Crippen LogP contribution in [-0.2, 0) is 24.7 Å². The van der Waals surface area contributed by atoms with E-state index in [4.69, 9.17) is 0 Å². The third kappa shape index (κ3) is 3.14. The fraction of sp³-hybridized carbons (Fsp3) is 0.250. The molecule has 0 heterocycles. The molecule has 0 aromatic heterocycles. The molecular formula is C16H17Br2SiZr. The summed E-state index contributed by atoms with van der Waals surface area (Å²) in [6.07, 6.45) is 7.97. The number of hydrogen-bond donors (Lipinski definition) is 0. The molecule has 1 unspecified atom stereocenters. The Bertz CT molecular complexity index is 588. The minimum Gasteiger partial charge on any atom is -1.00 e. The number of halogens is 2. The summed E-state index contributed by atoms with van der Waals surface area (Å²) < 4.78 is 0.671. The van der Waals surface area contributed by atoms with Gasteiger partial charge in [0.25, 0.3) is 0 Å². The summed E-state index contributed by atoms with van der Waals surface area (Å²) in [7, 11) is -0.787. The Morgan fingerprint density at radius 3 is 2.45 bits per heavy atom. The predicted octanol–water partition coefficient (Wildman–Crippen LogP) is -2.04. The van der Waals surface area contributed by atoms with Crippen LogP contribution in [0.2, 0.25) is 13.1 Å². The van der Waals surface area contributed by atoms with Crippen LogP contribution >= 0.6 is 0 Å². The monoisotopic (exact) mass is 485 g/mol. The van der Waals surface area contributed by atoms with Gasteiger partial charge in [-0.25, -0.2) is 0 Å². The number of allylic oxidation sites excluding steroid dienone is 5. The van der Waals surface area contributed by atoms with Crippen molar-refractivity contribution in [3.05, 3.63) is 64.8 Å². The fourth-order valence-corrected chi connectivity index (χ4v) is 6.80. The Hall–Kier alpha value is 0.500. The Morgan fingerprint density at radius 1 is 1.15 bits per heavy atom. The van der Waals surface area contributed by atoms with Gasteiger partial charge in [-0.3, -0.25) is 0 Å². The molecular weight excluding hydrogens is 471 g/mol. The number of rotatable bonds is 2. The topological polar surface area (TPSA) is 0 Å². The van der Waals surface area contributed by atoms with Crippen LogP contribution in [0.15, 0.2) is 53.6 Å². The van der Waals surface area contributed by atoms with Crippen LogP contribution in [0.1, 0.15) is 21.2 Å². The van der Waals surface area contributed by atoms with Gasteiger partial charge in [-0.1, -0.05) is 0 Å². The molecule has 0 spiro atoms. The molecule has 0 saturated carbocycles. The van der Waals surface area contributed by atoms with Crippen LogP contribution in [0.4, 0.5) is 0 Å². The van der Waals surface area contributed by atoms with Crippen LogP contribution in [-0.4, -0.2) is 8.80 Å². The molecule has 0 saturated heterocycles. The maximum absolute atomic E-state index is 2.46. The number of fused-ring (bicyclic) bond motifs is 1. The van der Waals surface area contributed by atoms with Gasteiger partial charge in [-0.2, -0.15) is 0 Å². The van der Waals surface area contributed by atoms with E-state index < -0.39 is 8.80 Å². The third-order valence-electron chi connectivity index (χ3n) is 3.84. The van der Waals surface area contributed by atoms with Gasteiger partial charge in [0, 0.05) is 0 Å². The first-order chi connectivity index (χ1) is 8.70. The van der Waals surface area contributed by atoms with E-state index in [9.17, 15) is 0 Å². The second-order valence-corrected chi connectivity index (χ2v) is 9.63.